The number of aromatic amines is 1. The molecule has 2 aromatic heterocycles. The molecule has 1 fully saturated rings. The molecule has 9 heteroatoms. The third-order valence-electron chi connectivity index (χ3n) is 5.69. The lowest BCUT2D eigenvalue weighted by atomic mass is 9.93. The Balaban J connectivity index is 1.49. The van der Waals surface area contributed by atoms with Crippen molar-refractivity contribution < 1.29 is 4.79 Å². The second kappa shape index (κ2) is 9.28. The Kier molecular flexibility index (Phi) is 6.48. The summed E-state index contributed by atoms with van der Waals surface area (Å²) in [5.74, 6) is -0.121. The summed E-state index contributed by atoms with van der Waals surface area (Å²) in [4.78, 5) is 21.9. The molecule has 31 heavy (non-hydrogen) atoms. The summed E-state index contributed by atoms with van der Waals surface area (Å²) in [7, 11) is 6.23. The number of fused-ring (bicyclic) bond motifs is 1. The minimum atomic E-state index is -0.252. The van der Waals surface area contributed by atoms with Crippen LogP contribution in [0, 0.1) is 0 Å². The summed E-state index contributed by atoms with van der Waals surface area (Å²) in [6.45, 7) is 7.41. The van der Waals surface area contributed by atoms with E-state index in [-0.39, 0.29) is 11.8 Å². The molecule has 0 unspecified atom stereocenters. The van der Waals surface area contributed by atoms with Gasteiger partial charge in [0.1, 0.15) is 7.85 Å². The third kappa shape index (κ3) is 4.70. The molecule has 3 heterocycles. The number of benzene rings is 1. The Morgan fingerprint density at radius 1 is 1.19 bits per heavy atom. The van der Waals surface area contributed by atoms with Gasteiger partial charge in [-0.25, -0.2) is 4.98 Å². The van der Waals surface area contributed by atoms with E-state index in [4.69, 9.17) is 19.4 Å². The van der Waals surface area contributed by atoms with Crippen LogP contribution in [-0.2, 0) is 4.79 Å². The largest absolute Gasteiger partial charge is 0.368 e. The molecule has 1 aromatic carbocycles. The number of anilines is 1. The summed E-state index contributed by atoms with van der Waals surface area (Å²) in [5, 5.41) is 12.0. The summed E-state index contributed by atoms with van der Waals surface area (Å²) < 4.78 is 0. The minimum Gasteiger partial charge on any atom is -0.368 e. The topological polar surface area (TPSA) is 77.2 Å². The molecule has 2 radical (unpaired) electrons. The Hall–Kier alpha value is -2.58. The predicted molar refractivity (Wildman–Crippen MR) is 125 cm³/mol. The van der Waals surface area contributed by atoms with Gasteiger partial charge < -0.3 is 15.1 Å². The summed E-state index contributed by atoms with van der Waals surface area (Å²) in [6, 6.07) is 7.86. The average molecular weight is 437 g/mol. The minimum absolute atomic E-state index is 0.131. The molecule has 0 spiro atoms. The summed E-state index contributed by atoms with van der Waals surface area (Å²) >= 11 is 6.05. The highest BCUT2D eigenvalue weighted by Crippen LogP contribution is 2.25. The molecule has 0 saturated carbocycles. The Morgan fingerprint density at radius 3 is 2.58 bits per heavy atom. The van der Waals surface area contributed by atoms with Gasteiger partial charge in [-0.05, 0) is 17.7 Å². The molecule has 4 rings (SSSR count). The van der Waals surface area contributed by atoms with Crippen molar-refractivity contribution in [1.82, 2.24) is 25.4 Å². The number of amides is 1. The van der Waals surface area contributed by atoms with E-state index in [0.717, 1.165) is 16.6 Å². The molecule has 2 N–H and O–H groups in total. The van der Waals surface area contributed by atoms with Crippen LogP contribution in [0.15, 0.2) is 36.7 Å². The quantitative estimate of drug-likeness (QED) is 0.577. The second-order valence-corrected chi connectivity index (χ2v) is 8.61. The van der Waals surface area contributed by atoms with Crippen molar-refractivity contribution in [2.45, 2.75) is 25.8 Å². The Morgan fingerprint density at radius 2 is 1.90 bits per heavy atom. The number of aromatic nitrogens is 3. The van der Waals surface area contributed by atoms with Gasteiger partial charge in [-0.1, -0.05) is 43.0 Å². The van der Waals surface area contributed by atoms with E-state index in [9.17, 15) is 4.79 Å². The fourth-order valence-corrected chi connectivity index (χ4v) is 4.15. The van der Waals surface area contributed by atoms with E-state index in [1.165, 1.54) is 0 Å². The van der Waals surface area contributed by atoms with Crippen LogP contribution in [0.3, 0.4) is 0 Å². The number of carbonyl (C=O) groups is 1. The zero-order valence-corrected chi connectivity index (χ0v) is 18.6. The van der Waals surface area contributed by atoms with Crippen molar-refractivity contribution in [3.63, 3.8) is 0 Å². The number of hydrogen-bond acceptors (Lipinski definition) is 5. The molecule has 3 aromatic rings. The van der Waals surface area contributed by atoms with Crippen LogP contribution in [0.25, 0.3) is 11.0 Å². The first-order valence-electron chi connectivity index (χ1n) is 10.5. The molecule has 1 saturated heterocycles. The molecule has 1 aliphatic heterocycles. The van der Waals surface area contributed by atoms with Gasteiger partial charge in [-0.3, -0.25) is 9.89 Å². The first-order valence-corrected chi connectivity index (χ1v) is 10.9. The Labute approximate surface area is 188 Å². The van der Waals surface area contributed by atoms with Gasteiger partial charge in [0.25, 0.3) is 0 Å². The van der Waals surface area contributed by atoms with Crippen LogP contribution in [0.2, 0.25) is 5.02 Å². The predicted octanol–water partition coefficient (Wildman–Crippen LogP) is 1.84. The van der Waals surface area contributed by atoms with Gasteiger partial charge in [-0.15, -0.1) is 0 Å². The molecule has 0 bridgehead atoms. The number of carbonyl (C=O) groups excluding carboxylic acids is 1. The van der Waals surface area contributed by atoms with Gasteiger partial charge in [0.05, 0.1) is 17.5 Å². The van der Waals surface area contributed by atoms with Crippen LogP contribution >= 0.6 is 11.6 Å². The first-order chi connectivity index (χ1) is 14.9. The highest BCUT2D eigenvalue weighted by Gasteiger charge is 2.29. The smallest absolute Gasteiger partial charge is 0.231 e. The fourth-order valence-electron chi connectivity index (χ4n) is 4.02. The molecule has 1 amide bonds. The third-order valence-corrected chi connectivity index (χ3v) is 5.94. The number of H-pyrrole nitrogens is 1. The lowest BCUT2D eigenvalue weighted by Crippen LogP contribution is -2.52. The number of piperazine rings is 1. The SMILES string of the molecule is [B]c1cnc2[nH]ncc2c1N1CCN(C(=O)[C@H](CNC(C)C)c2ccc(Cl)cc2)CC1. The summed E-state index contributed by atoms with van der Waals surface area (Å²) in [5.41, 5.74) is 3.24. The van der Waals surface area contributed by atoms with Crippen molar-refractivity contribution in [2.75, 3.05) is 37.6 Å². The zero-order chi connectivity index (χ0) is 22.0. The number of pyridine rings is 1. The molecule has 1 aliphatic rings. The van der Waals surface area contributed by atoms with Crippen molar-refractivity contribution in [3.8, 4) is 0 Å². The highest BCUT2D eigenvalue weighted by molar-refractivity contribution is 6.37. The molecule has 160 valence electrons. The number of rotatable bonds is 6. The van der Waals surface area contributed by atoms with E-state index in [0.29, 0.717) is 54.9 Å². The van der Waals surface area contributed by atoms with Crippen molar-refractivity contribution in [1.29, 1.82) is 0 Å². The van der Waals surface area contributed by atoms with Gasteiger partial charge in [0.15, 0.2) is 5.65 Å². The Bertz CT molecular complexity index is 1050. The maximum atomic E-state index is 13.5. The van der Waals surface area contributed by atoms with E-state index >= 15 is 0 Å². The van der Waals surface area contributed by atoms with E-state index in [1.807, 2.05) is 29.2 Å². The number of hydrogen-bond donors (Lipinski definition) is 2. The van der Waals surface area contributed by atoms with E-state index < -0.39 is 0 Å². The molecule has 0 aliphatic carbocycles. The maximum absolute atomic E-state index is 13.5. The lowest BCUT2D eigenvalue weighted by Gasteiger charge is -2.38. The highest BCUT2D eigenvalue weighted by atomic mass is 35.5. The second-order valence-electron chi connectivity index (χ2n) is 8.17. The molecular formula is C22H26BClN6O. The number of nitrogens with zero attached hydrogens (tertiary/aromatic N) is 4. The van der Waals surface area contributed by atoms with Crippen LogP contribution in [0.4, 0.5) is 5.69 Å². The van der Waals surface area contributed by atoms with E-state index in [1.54, 1.807) is 12.4 Å². The standard InChI is InChI=1S/C22H26BClN6O/c1-14(2)25-11-17(15-3-5-16(24)6-4-15)22(31)30-9-7-29(8-10-30)20-18-12-27-28-21(18)26-13-19(20)23/h3-6,12-14,17,25H,7-11H2,1-2H3,(H,26,27,28)/t17-/m1/s1. The first kappa shape index (κ1) is 21.6. The van der Waals surface area contributed by atoms with Crippen molar-refractivity contribution in [3.05, 3.63) is 47.2 Å². The summed E-state index contributed by atoms with van der Waals surface area (Å²) in [6.07, 6.45) is 3.40. The normalized spacial score (nSPS) is 15.6. The van der Waals surface area contributed by atoms with Gasteiger partial charge in [0.2, 0.25) is 5.91 Å². The van der Waals surface area contributed by atoms with Crippen LogP contribution in [-0.4, -0.2) is 72.6 Å². The van der Waals surface area contributed by atoms with Crippen LogP contribution in [0.1, 0.15) is 25.3 Å². The van der Waals surface area contributed by atoms with Gasteiger partial charge in [-0.2, -0.15) is 5.10 Å². The lowest BCUT2D eigenvalue weighted by molar-refractivity contribution is -0.133. The molecular weight excluding hydrogens is 411 g/mol. The van der Waals surface area contributed by atoms with Crippen LogP contribution < -0.4 is 15.7 Å². The van der Waals surface area contributed by atoms with E-state index in [2.05, 4.69) is 39.2 Å². The average Bonchev–Trinajstić information content (AvgIpc) is 3.23. The maximum Gasteiger partial charge on any atom is 0.231 e. The van der Waals surface area contributed by atoms with Crippen molar-refractivity contribution in [2.24, 2.45) is 0 Å². The monoisotopic (exact) mass is 436 g/mol. The number of halogens is 1. The van der Waals surface area contributed by atoms with Crippen LogP contribution in [0.5, 0.6) is 0 Å². The number of nitrogens with one attached hydrogen (secondary N) is 2. The van der Waals surface area contributed by atoms with Gasteiger partial charge in [0, 0.05) is 55.7 Å². The molecule has 7 nitrogen and oxygen atoms in total. The molecule has 1 atom stereocenters. The van der Waals surface area contributed by atoms with Gasteiger partial charge >= 0.3 is 0 Å². The fraction of sp³-hybridized carbons (Fsp3) is 0.409. The zero-order valence-electron chi connectivity index (χ0n) is 17.8. The van der Waals surface area contributed by atoms with Crippen molar-refractivity contribution >= 4 is 47.5 Å².